The van der Waals surface area contributed by atoms with Crippen LogP contribution in [0.15, 0.2) is 164 Å². The molecule has 2 aromatic heterocycles. The fourth-order valence-corrected chi connectivity index (χ4v) is 10.6. The number of pyridine rings is 1. The minimum absolute atomic E-state index is 0.0290. The highest BCUT2D eigenvalue weighted by Gasteiger charge is 2.41. The Morgan fingerprint density at radius 1 is 0.484 bits per heavy atom. The number of rotatable bonds is 7. The maximum Gasteiger partial charge on any atom is 0.149 e. The Morgan fingerprint density at radius 3 is 1.64 bits per heavy atom. The van der Waals surface area contributed by atoms with Gasteiger partial charge in [0, 0.05) is 23.0 Å². The summed E-state index contributed by atoms with van der Waals surface area (Å²) in [4.78, 5) is 10.8. The van der Waals surface area contributed by atoms with Gasteiger partial charge in [-0.15, -0.1) is 0 Å². The molecule has 7 aromatic carbocycles. The van der Waals surface area contributed by atoms with Crippen molar-refractivity contribution in [2.75, 3.05) is 0 Å². The van der Waals surface area contributed by atoms with Gasteiger partial charge in [0.25, 0.3) is 0 Å². The first-order valence-electron chi connectivity index (χ1n) is 22.8. The molecular formula is C60H53N3O. The van der Waals surface area contributed by atoms with Crippen LogP contribution in [0.3, 0.4) is 0 Å². The molecule has 2 bridgehead atoms. The topological polar surface area (TPSA) is 50.9 Å². The summed E-state index contributed by atoms with van der Waals surface area (Å²) in [5, 5.41) is 12.7. The van der Waals surface area contributed by atoms with Crippen molar-refractivity contribution >= 4 is 11.0 Å². The molecule has 0 amide bonds. The zero-order valence-corrected chi connectivity index (χ0v) is 37.7. The Labute approximate surface area is 377 Å². The smallest absolute Gasteiger partial charge is 0.149 e. The molecule has 12 rings (SSSR count). The van der Waals surface area contributed by atoms with Gasteiger partial charge < -0.3 is 5.11 Å². The number of aromatic nitrogens is 3. The highest BCUT2D eigenvalue weighted by Crippen LogP contribution is 2.56. The number of para-hydroxylation sites is 4. The summed E-state index contributed by atoms with van der Waals surface area (Å²) >= 11 is 0. The van der Waals surface area contributed by atoms with Crippen LogP contribution in [-0.4, -0.2) is 19.6 Å². The molecule has 2 heterocycles. The molecule has 3 aliphatic rings. The Bertz CT molecular complexity index is 3210. The molecule has 314 valence electrons. The lowest BCUT2D eigenvalue weighted by molar-refractivity contribution is 0.478. The van der Waals surface area contributed by atoms with Gasteiger partial charge in [-0.2, -0.15) is 0 Å². The molecule has 3 aliphatic carbocycles. The maximum absolute atomic E-state index is 12.7. The van der Waals surface area contributed by atoms with Crippen molar-refractivity contribution < 1.29 is 5.11 Å². The van der Waals surface area contributed by atoms with E-state index >= 15 is 0 Å². The van der Waals surface area contributed by atoms with E-state index in [9.17, 15) is 5.11 Å². The largest absolute Gasteiger partial charge is 0.506 e. The lowest BCUT2D eigenvalue weighted by Crippen LogP contribution is -2.27. The van der Waals surface area contributed by atoms with E-state index in [1.165, 1.54) is 50.1 Å². The first-order chi connectivity index (χ1) is 31.0. The number of aromatic hydroxyl groups is 1. The standard InChI is InChI=1S/C60H53N3O/c1-35(2)41-20-14-21-42(36(3)4)57(41)63-54-25-13-12-24-51(54)62-59(63)49-23-15-22-48(58(49)64)53-34-39(37-26-29-40(30-27-37)60(5,6)7)33-52(61-53)38-28-31-47-50(32-38)56-45-18-10-8-16-43(45)55(47)44-17-9-11-19-46(44)56/h8-36,55-56,64H,1-7H3. The van der Waals surface area contributed by atoms with Crippen LogP contribution in [0.2, 0.25) is 0 Å². The molecular weight excluding hydrogens is 779 g/mol. The summed E-state index contributed by atoms with van der Waals surface area (Å²) in [7, 11) is 0. The van der Waals surface area contributed by atoms with E-state index < -0.39 is 0 Å². The fraction of sp³-hybridized carbons (Fsp3) is 0.200. The molecule has 0 aliphatic heterocycles. The summed E-state index contributed by atoms with van der Waals surface area (Å²) in [6.45, 7) is 15.7. The number of phenolic OH excluding ortho intramolecular Hbond substituents is 1. The van der Waals surface area contributed by atoms with Crippen molar-refractivity contribution in [3.8, 4) is 56.5 Å². The predicted octanol–water partition coefficient (Wildman–Crippen LogP) is 15.3. The molecule has 64 heavy (non-hydrogen) atoms. The third-order valence-electron chi connectivity index (χ3n) is 13.8. The predicted molar refractivity (Wildman–Crippen MR) is 264 cm³/mol. The van der Waals surface area contributed by atoms with Crippen molar-refractivity contribution in [3.05, 3.63) is 214 Å². The van der Waals surface area contributed by atoms with Gasteiger partial charge in [-0.05, 0) is 121 Å². The Morgan fingerprint density at radius 2 is 1.02 bits per heavy atom. The highest BCUT2D eigenvalue weighted by atomic mass is 16.3. The SMILES string of the molecule is CC(C)c1cccc(C(C)C)c1-n1c(-c2cccc(-c3cc(-c4ccc(C(C)(C)C)cc4)cc(-c4ccc5c(c4)C4c6ccccc6C5c5ccccc54)n3)c2O)nc2ccccc21. The van der Waals surface area contributed by atoms with Gasteiger partial charge >= 0.3 is 0 Å². The summed E-state index contributed by atoms with van der Waals surface area (Å²) in [5.74, 6) is 1.75. The summed E-state index contributed by atoms with van der Waals surface area (Å²) in [5.41, 5.74) is 21.2. The molecule has 4 nitrogen and oxygen atoms in total. The quantitative estimate of drug-likeness (QED) is 0.174. The van der Waals surface area contributed by atoms with Crippen molar-refractivity contribution in [1.29, 1.82) is 0 Å². The van der Waals surface area contributed by atoms with Gasteiger partial charge in [0.1, 0.15) is 11.6 Å². The molecule has 0 saturated heterocycles. The number of benzene rings is 7. The van der Waals surface area contributed by atoms with E-state index in [-0.39, 0.29) is 34.8 Å². The first-order valence-corrected chi connectivity index (χ1v) is 22.8. The van der Waals surface area contributed by atoms with Crippen molar-refractivity contribution in [2.24, 2.45) is 0 Å². The number of imidazole rings is 1. The fourth-order valence-electron chi connectivity index (χ4n) is 10.6. The minimum atomic E-state index is 0.0290. The van der Waals surface area contributed by atoms with Gasteiger partial charge in [0.05, 0.1) is 33.7 Å². The van der Waals surface area contributed by atoms with Gasteiger partial charge in [-0.25, -0.2) is 9.97 Å². The Hall–Kier alpha value is -7.04. The average Bonchev–Trinajstić information content (AvgIpc) is 3.69. The molecule has 0 radical (unpaired) electrons. The molecule has 0 atom stereocenters. The molecule has 0 saturated carbocycles. The van der Waals surface area contributed by atoms with Crippen molar-refractivity contribution in [2.45, 2.75) is 77.6 Å². The summed E-state index contributed by atoms with van der Waals surface area (Å²) in [6.07, 6.45) is 0. The monoisotopic (exact) mass is 831 g/mol. The van der Waals surface area contributed by atoms with Crippen molar-refractivity contribution in [1.82, 2.24) is 14.5 Å². The molecule has 1 N–H and O–H groups in total. The van der Waals surface area contributed by atoms with E-state index in [0.29, 0.717) is 22.6 Å². The van der Waals surface area contributed by atoms with Crippen LogP contribution in [0.1, 0.15) is 122 Å². The molecule has 0 fully saturated rings. The second kappa shape index (κ2) is 15.1. The number of hydrogen-bond donors (Lipinski definition) is 1. The number of nitrogens with zero attached hydrogens (tertiary/aromatic N) is 3. The second-order valence-corrected chi connectivity index (χ2v) is 19.5. The van der Waals surface area contributed by atoms with E-state index in [1.807, 2.05) is 24.3 Å². The number of fused-ring (bicyclic) bond motifs is 1. The van der Waals surface area contributed by atoms with Crippen LogP contribution >= 0.6 is 0 Å². The van der Waals surface area contributed by atoms with Gasteiger partial charge in [-0.3, -0.25) is 4.57 Å². The maximum atomic E-state index is 12.7. The molecule has 0 spiro atoms. The normalized spacial score (nSPS) is 15.1. The highest BCUT2D eigenvalue weighted by molar-refractivity contribution is 5.89. The zero-order valence-electron chi connectivity index (χ0n) is 37.7. The molecule has 0 unspecified atom stereocenters. The van der Waals surface area contributed by atoms with Crippen LogP contribution in [0, 0.1) is 0 Å². The zero-order chi connectivity index (χ0) is 44.0. The average molecular weight is 832 g/mol. The number of hydrogen-bond acceptors (Lipinski definition) is 3. The van der Waals surface area contributed by atoms with Gasteiger partial charge in [0.2, 0.25) is 0 Å². The molecule has 9 aromatic rings. The van der Waals surface area contributed by atoms with Crippen LogP contribution in [-0.2, 0) is 5.41 Å². The van der Waals surface area contributed by atoms with E-state index in [1.54, 1.807) is 0 Å². The van der Waals surface area contributed by atoms with Crippen molar-refractivity contribution in [3.63, 3.8) is 0 Å². The minimum Gasteiger partial charge on any atom is -0.506 e. The first kappa shape index (κ1) is 39.8. The van der Waals surface area contributed by atoms with Crippen LogP contribution in [0.25, 0.3) is 61.8 Å². The number of phenols is 1. The van der Waals surface area contributed by atoms with Crippen LogP contribution in [0.4, 0.5) is 0 Å². The van der Waals surface area contributed by atoms with E-state index in [2.05, 4.69) is 193 Å². The Kier molecular flexibility index (Phi) is 9.36. The third-order valence-corrected chi connectivity index (χ3v) is 13.8. The third kappa shape index (κ3) is 6.33. The summed E-state index contributed by atoms with van der Waals surface area (Å²) in [6, 6.07) is 59.1. The van der Waals surface area contributed by atoms with E-state index in [4.69, 9.17) is 9.97 Å². The van der Waals surface area contributed by atoms with Crippen LogP contribution in [0.5, 0.6) is 5.75 Å². The Balaban J connectivity index is 1.11. The van der Waals surface area contributed by atoms with E-state index in [0.717, 1.165) is 39.1 Å². The summed E-state index contributed by atoms with van der Waals surface area (Å²) < 4.78 is 2.28. The van der Waals surface area contributed by atoms with Crippen LogP contribution < -0.4 is 0 Å². The lowest BCUT2D eigenvalue weighted by Gasteiger charge is -2.42. The second-order valence-electron chi connectivity index (χ2n) is 19.5. The van der Waals surface area contributed by atoms with Gasteiger partial charge in [-0.1, -0.05) is 170 Å². The lowest BCUT2D eigenvalue weighted by atomic mass is 9.61. The molecule has 4 heteroatoms. The van der Waals surface area contributed by atoms with Gasteiger partial charge in [0.15, 0.2) is 0 Å².